The summed E-state index contributed by atoms with van der Waals surface area (Å²) >= 11 is 15.5. The summed E-state index contributed by atoms with van der Waals surface area (Å²) in [4.78, 5) is 9.67. The lowest BCUT2D eigenvalue weighted by Gasteiger charge is -2.10. The van der Waals surface area contributed by atoms with Crippen molar-refractivity contribution < 1.29 is 4.42 Å². The van der Waals surface area contributed by atoms with Gasteiger partial charge in [-0.1, -0.05) is 23.2 Å². The van der Waals surface area contributed by atoms with Crippen LogP contribution < -0.4 is 0 Å². The van der Waals surface area contributed by atoms with Crippen LogP contribution in [0.2, 0.25) is 10.0 Å². The Labute approximate surface area is 183 Å². The SMILES string of the molecule is Clc1ccc(-c2nnc(Sc3ncnc4sccc34)n2Cc2ccco2)c(Cl)c1. The summed E-state index contributed by atoms with van der Waals surface area (Å²) in [5.74, 6) is 1.41. The first-order valence-corrected chi connectivity index (χ1v) is 10.9. The second-order valence-corrected chi connectivity index (χ2v) is 8.71. The smallest absolute Gasteiger partial charge is 0.198 e. The van der Waals surface area contributed by atoms with Crippen molar-refractivity contribution in [3.8, 4) is 11.4 Å². The van der Waals surface area contributed by atoms with E-state index in [4.69, 9.17) is 27.6 Å². The third kappa shape index (κ3) is 3.64. The van der Waals surface area contributed by atoms with Crippen molar-refractivity contribution in [3.63, 3.8) is 0 Å². The molecule has 5 rings (SSSR count). The quantitative estimate of drug-likeness (QED) is 0.298. The van der Waals surface area contributed by atoms with Crippen molar-refractivity contribution in [2.75, 3.05) is 0 Å². The Morgan fingerprint density at radius 2 is 2.03 bits per heavy atom. The van der Waals surface area contributed by atoms with E-state index in [1.165, 1.54) is 11.8 Å². The number of hydrogen-bond donors (Lipinski definition) is 0. The lowest BCUT2D eigenvalue weighted by molar-refractivity contribution is 0.485. The van der Waals surface area contributed by atoms with Crippen molar-refractivity contribution in [1.82, 2.24) is 24.7 Å². The predicted octanol–water partition coefficient (Wildman–Crippen LogP) is 6.05. The van der Waals surface area contributed by atoms with Crippen LogP contribution in [0.15, 0.2) is 69.0 Å². The summed E-state index contributed by atoms with van der Waals surface area (Å²) in [6.45, 7) is 0.453. The number of hydrogen-bond acceptors (Lipinski definition) is 7. The van der Waals surface area contributed by atoms with Gasteiger partial charge in [-0.2, -0.15) is 0 Å². The highest BCUT2D eigenvalue weighted by molar-refractivity contribution is 7.99. The monoisotopic (exact) mass is 459 g/mol. The van der Waals surface area contributed by atoms with Gasteiger partial charge in [-0.25, -0.2) is 9.97 Å². The van der Waals surface area contributed by atoms with Gasteiger partial charge in [0.15, 0.2) is 11.0 Å². The fourth-order valence-electron chi connectivity index (χ4n) is 2.87. The highest BCUT2D eigenvalue weighted by atomic mass is 35.5. The fraction of sp³-hybridized carbons (Fsp3) is 0.0526. The third-order valence-corrected chi connectivity index (χ3v) is 6.57. The minimum absolute atomic E-state index is 0.453. The first-order valence-electron chi connectivity index (χ1n) is 8.46. The van der Waals surface area contributed by atoms with E-state index in [-0.39, 0.29) is 0 Å². The van der Waals surface area contributed by atoms with E-state index < -0.39 is 0 Å². The lowest BCUT2D eigenvalue weighted by atomic mass is 10.2. The topological polar surface area (TPSA) is 69.6 Å². The molecule has 0 aliphatic heterocycles. The summed E-state index contributed by atoms with van der Waals surface area (Å²) < 4.78 is 7.50. The van der Waals surface area contributed by atoms with Crippen LogP contribution in [-0.2, 0) is 6.54 Å². The zero-order valence-corrected chi connectivity index (χ0v) is 17.8. The Morgan fingerprint density at radius 1 is 1.10 bits per heavy atom. The van der Waals surface area contributed by atoms with Crippen LogP contribution in [0.1, 0.15) is 5.76 Å². The summed E-state index contributed by atoms with van der Waals surface area (Å²) in [7, 11) is 0. The lowest BCUT2D eigenvalue weighted by Crippen LogP contribution is -2.04. The van der Waals surface area contributed by atoms with Gasteiger partial charge >= 0.3 is 0 Å². The second kappa shape index (κ2) is 7.79. The molecular weight excluding hydrogens is 449 g/mol. The predicted molar refractivity (Wildman–Crippen MR) is 115 cm³/mol. The number of thiophene rings is 1. The van der Waals surface area contributed by atoms with Gasteiger partial charge in [0.25, 0.3) is 0 Å². The van der Waals surface area contributed by atoms with E-state index in [0.29, 0.717) is 27.6 Å². The Hall–Kier alpha value is -2.39. The van der Waals surface area contributed by atoms with Crippen molar-refractivity contribution in [3.05, 3.63) is 70.2 Å². The van der Waals surface area contributed by atoms with E-state index >= 15 is 0 Å². The van der Waals surface area contributed by atoms with Crippen molar-refractivity contribution in [1.29, 1.82) is 0 Å². The maximum atomic E-state index is 6.44. The zero-order valence-electron chi connectivity index (χ0n) is 14.6. The molecule has 5 aromatic rings. The molecule has 0 fully saturated rings. The Balaban J connectivity index is 1.61. The van der Waals surface area contributed by atoms with Crippen LogP contribution in [0.4, 0.5) is 0 Å². The Bertz CT molecular complexity index is 1300. The number of benzene rings is 1. The third-order valence-electron chi connectivity index (χ3n) is 4.20. The number of fused-ring (bicyclic) bond motifs is 1. The largest absolute Gasteiger partial charge is 0.467 e. The zero-order chi connectivity index (χ0) is 19.8. The molecule has 0 spiro atoms. The molecule has 4 heterocycles. The first kappa shape index (κ1) is 18.6. The molecule has 1 aromatic carbocycles. The fourth-order valence-corrected chi connectivity index (χ4v) is 5.05. The van der Waals surface area contributed by atoms with Gasteiger partial charge in [-0.15, -0.1) is 21.5 Å². The number of furan rings is 1. The molecule has 10 heteroatoms. The molecule has 0 bridgehead atoms. The molecule has 0 radical (unpaired) electrons. The van der Waals surface area contributed by atoms with Gasteiger partial charge in [0.2, 0.25) is 0 Å². The first-order chi connectivity index (χ1) is 14.2. The van der Waals surface area contributed by atoms with Gasteiger partial charge < -0.3 is 4.42 Å². The molecule has 29 heavy (non-hydrogen) atoms. The Kier molecular flexibility index (Phi) is 5.01. The van der Waals surface area contributed by atoms with E-state index in [1.807, 2.05) is 34.2 Å². The molecule has 0 amide bonds. The van der Waals surface area contributed by atoms with Gasteiger partial charge in [-0.3, -0.25) is 4.57 Å². The summed E-state index contributed by atoms with van der Waals surface area (Å²) in [5, 5.41) is 14.4. The molecule has 0 atom stereocenters. The van der Waals surface area contributed by atoms with Gasteiger partial charge in [-0.05, 0) is 53.5 Å². The molecule has 144 valence electrons. The normalized spacial score (nSPS) is 11.4. The highest BCUT2D eigenvalue weighted by Gasteiger charge is 2.20. The molecule has 6 nitrogen and oxygen atoms in total. The average Bonchev–Trinajstić information content (AvgIpc) is 3.45. The van der Waals surface area contributed by atoms with Crippen LogP contribution in [0.5, 0.6) is 0 Å². The molecule has 0 aliphatic carbocycles. The van der Waals surface area contributed by atoms with Crippen molar-refractivity contribution >= 4 is 56.5 Å². The minimum atomic E-state index is 0.453. The second-order valence-electron chi connectivity index (χ2n) is 6.02. The van der Waals surface area contributed by atoms with Crippen LogP contribution in [0.3, 0.4) is 0 Å². The number of nitrogens with zero attached hydrogens (tertiary/aromatic N) is 5. The van der Waals surface area contributed by atoms with E-state index in [1.54, 1.807) is 36.1 Å². The molecule has 0 saturated heterocycles. The highest BCUT2D eigenvalue weighted by Crippen LogP contribution is 2.36. The van der Waals surface area contributed by atoms with Crippen LogP contribution in [0, 0.1) is 0 Å². The summed E-state index contributed by atoms with van der Waals surface area (Å²) in [5.41, 5.74) is 0.741. The van der Waals surface area contributed by atoms with E-state index in [9.17, 15) is 0 Å². The standard InChI is InChI=1S/C19H11Cl2N5OS2/c20-11-3-4-13(15(21)8-11)16-24-25-19(26(16)9-12-2-1-6-27-12)29-18-14-5-7-28-17(14)22-10-23-18/h1-8,10H,9H2. The van der Waals surface area contributed by atoms with Crippen molar-refractivity contribution in [2.45, 2.75) is 16.7 Å². The minimum Gasteiger partial charge on any atom is -0.467 e. The number of aromatic nitrogens is 5. The molecule has 0 aliphatic rings. The summed E-state index contributed by atoms with van der Waals surface area (Å²) in [6.07, 6.45) is 3.20. The van der Waals surface area contributed by atoms with Gasteiger partial charge in [0, 0.05) is 16.0 Å². The molecule has 0 saturated carbocycles. The van der Waals surface area contributed by atoms with Gasteiger partial charge in [0.05, 0.1) is 17.8 Å². The van der Waals surface area contributed by atoms with Crippen molar-refractivity contribution in [2.24, 2.45) is 0 Å². The number of rotatable bonds is 5. The molecular formula is C19H11Cl2N5OS2. The molecule has 0 unspecified atom stereocenters. The van der Waals surface area contributed by atoms with Crippen LogP contribution >= 0.6 is 46.3 Å². The van der Waals surface area contributed by atoms with E-state index in [2.05, 4.69) is 20.2 Å². The summed E-state index contributed by atoms with van der Waals surface area (Å²) in [6, 6.07) is 11.1. The maximum Gasteiger partial charge on any atom is 0.198 e. The van der Waals surface area contributed by atoms with Crippen LogP contribution in [0.25, 0.3) is 21.6 Å². The van der Waals surface area contributed by atoms with E-state index in [0.717, 1.165) is 26.6 Å². The molecule has 4 aromatic heterocycles. The van der Waals surface area contributed by atoms with Gasteiger partial charge in [0.1, 0.15) is 21.9 Å². The maximum absolute atomic E-state index is 6.44. The molecule has 0 N–H and O–H groups in total. The average molecular weight is 460 g/mol. The Morgan fingerprint density at radius 3 is 2.86 bits per heavy atom. The number of halogens is 2. The van der Waals surface area contributed by atoms with Crippen LogP contribution in [-0.4, -0.2) is 24.7 Å².